The fourth-order valence-electron chi connectivity index (χ4n) is 1.42. The normalized spacial score (nSPS) is 21.8. The van der Waals surface area contributed by atoms with Crippen molar-refractivity contribution in [1.82, 2.24) is 4.98 Å². The number of fused-ring (bicyclic) bond motifs is 1. The van der Waals surface area contributed by atoms with Gasteiger partial charge in [-0.1, -0.05) is 0 Å². The lowest BCUT2D eigenvalue weighted by Gasteiger charge is -2.00. The predicted molar refractivity (Wildman–Crippen MR) is 37.5 cm³/mol. The van der Waals surface area contributed by atoms with E-state index >= 15 is 0 Å². The lowest BCUT2D eigenvalue weighted by atomic mass is 10.2. The molecule has 11 heavy (non-hydrogen) atoms. The van der Waals surface area contributed by atoms with Gasteiger partial charge >= 0.3 is 0 Å². The van der Waals surface area contributed by atoms with Crippen molar-refractivity contribution in [2.24, 2.45) is 0 Å². The lowest BCUT2D eigenvalue weighted by Crippen LogP contribution is -1.94. The van der Waals surface area contributed by atoms with Crippen LogP contribution in [0.5, 0.6) is 0 Å². The van der Waals surface area contributed by atoms with Gasteiger partial charge in [-0.3, -0.25) is 4.98 Å². The van der Waals surface area contributed by atoms with Crippen molar-refractivity contribution in [2.75, 3.05) is 0 Å². The largest absolute Gasteiger partial charge is 0.387 e. The summed E-state index contributed by atoms with van der Waals surface area (Å²) >= 11 is 0. The zero-order valence-electron chi connectivity index (χ0n) is 5.92. The van der Waals surface area contributed by atoms with E-state index in [1.54, 1.807) is 0 Å². The lowest BCUT2D eigenvalue weighted by molar-refractivity contribution is 0.175. The summed E-state index contributed by atoms with van der Waals surface area (Å²) in [5.41, 5.74) is 1.49. The van der Waals surface area contributed by atoms with Gasteiger partial charge < -0.3 is 5.11 Å². The van der Waals surface area contributed by atoms with Crippen molar-refractivity contribution < 1.29 is 9.50 Å². The first-order valence-electron chi connectivity index (χ1n) is 3.60. The summed E-state index contributed by atoms with van der Waals surface area (Å²) in [5.74, 6) is -0.321. The Morgan fingerprint density at radius 1 is 1.64 bits per heavy atom. The van der Waals surface area contributed by atoms with E-state index in [1.807, 2.05) is 0 Å². The summed E-state index contributed by atoms with van der Waals surface area (Å²) in [6, 6.07) is 1.44. The number of aliphatic hydroxyl groups excluding tert-OH is 1. The molecule has 2 nitrogen and oxygen atoms in total. The van der Waals surface area contributed by atoms with Gasteiger partial charge in [-0.05, 0) is 24.5 Å². The molecule has 2 rings (SSSR count). The number of aromatic nitrogens is 1. The number of aryl methyl sites for hydroxylation is 1. The molecular formula is C8H8FNO. The zero-order chi connectivity index (χ0) is 7.84. The summed E-state index contributed by atoms with van der Waals surface area (Å²) < 4.78 is 12.5. The molecule has 1 aliphatic rings. The average molecular weight is 153 g/mol. The van der Waals surface area contributed by atoms with Crippen molar-refractivity contribution in [3.8, 4) is 0 Å². The highest BCUT2D eigenvalue weighted by Gasteiger charge is 2.21. The molecule has 0 spiro atoms. The molecule has 58 valence electrons. The molecule has 0 radical (unpaired) electrons. The van der Waals surface area contributed by atoms with Crippen LogP contribution >= 0.6 is 0 Å². The molecule has 0 amide bonds. The second kappa shape index (κ2) is 2.27. The molecule has 0 bridgehead atoms. The van der Waals surface area contributed by atoms with Crippen molar-refractivity contribution in [3.63, 3.8) is 0 Å². The van der Waals surface area contributed by atoms with Crippen molar-refractivity contribution in [1.29, 1.82) is 0 Å². The molecule has 3 heteroatoms. The van der Waals surface area contributed by atoms with Crippen LogP contribution in [0.2, 0.25) is 0 Å². The number of aliphatic hydroxyl groups is 1. The standard InChI is InChI=1S/C8H8FNO/c9-6-3-5-1-2-7(11)8(5)10-4-6/h3-4,7,11H,1-2H2. The van der Waals surface area contributed by atoms with Gasteiger partial charge in [0.2, 0.25) is 0 Å². The van der Waals surface area contributed by atoms with Gasteiger partial charge in [-0.15, -0.1) is 0 Å². The fourth-order valence-corrected chi connectivity index (χ4v) is 1.42. The second-order valence-electron chi connectivity index (χ2n) is 2.75. The Labute approximate surface area is 63.7 Å². The van der Waals surface area contributed by atoms with Gasteiger partial charge in [0, 0.05) is 0 Å². The number of pyridine rings is 1. The van der Waals surface area contributed by atoms with Gasteiger partial charge in [0.25, 0.3) is 0 Å². The number of hydrogen-bond acceptors (Lipinski definition) is 2. The van der Waals surface area contributed by atoms with Crippen molar-refractivity contribution in [2.45, 2.75) is 18.9 Å². The van der Waals surface area contributed by atoms with Crippen molar-refractivity contribution in [3.05, 3.63) is 29.3 Å². The Hall–Kier alpha value is -0.960. The Morgan fingerprint density at radius 3 is 3.27 bits per heavy atom. The molecule has 0 aliphatic heterocycles. The molecule has 0 saturated heterocycles. The summed E-state index contributed by atoms with van der Waals surface area (Å²) in [5, 5.41) is 9.29. The van der Waals surface area contributed by atoms with Crippen LogP contribution < -0.4 is 0 Å². The van der Waals surface area contributed by atoms with Crippen LogP contribution in [0.4, 0.5) is 4.39 Å². The van der Waals surface area contributed by atoms with Crippen LogP contribution in [0.15, 0.2) is 12.3 Å². The van der Waals surface area contributed by atoms with Crippen molar-refractivity contribution >= 4 is 0 Å². The van der Waals surface area contributed by atoms with Gasteiger partial charge in [0.15, 0.2) is 0 Å². The minimum absolute atomic E-state index is 0.321. The van der Waals surface area contributed by atoms with Gasteiger partial charge in [0.1, 0.15) is 5.82 Å². The summed E-state index contributed by atoms with van der Waals surface area (Å²) in [4.78, 5) is 3.81. The monoisotopic (exact) mass is 153 g/mol. The third kappa shape index (κ3) is 1.01. The first-order chi connectivity index (χ1) is 5.27. The molecule has 0 fully saturated rings. The molecule has 0 aromatic carbocycles. The Balaban J connectivity index is 2.50. The Kier molecular flexibility index (Phi) is 1.39. The highest BCUT2D eigenvalue weighted by atomic mass is 19.1. The minimum atomic E-state index is -0.481. The molecule has 1 unspecified atom stereocenters. The molecular weight excluding hydrogens is 145 g/mol. The summed E-state index contributed by atoms with van der Waals surface area (Å²) in [6.07, 6.45) is 2.08. The maximum Gasteiger partial charge on any atom is 0.141 e. The van der Waals surface area contributed by atoms with Crippen LogP contribution in [0.3, 0.4) is 0 Å². The van der Waals surface area contributed by atoms with E-state index in [2.05, 4.69) is 4.98 Å². The van der Waals surface area contributed by atoms with E-state index in [9.17, 15) is 9.50 Å². The number of rotatable bonds is 0. The average Bonchev–Trinajstić information content (AvgIpc) is 2.32. The summed E-state index contributed by atoms with van der Waals surface area (Å²) in [7, 11) is 0. The summed E-state index contributed by atoms with van der Waals surface area (Å²) in [6.45, 7) is 0. The SMILES string of the molecule is OC1CCc2cc(F)cnc21. The zero-order valence-corrected chi connectivity index (χ0v) is 5.92. The number of halogens is 1. The highest BCUT2D eigenvalue weighted by Crippen LogP contribution is 2.28. The number of hydrogen-bond donors (Lipinski definition) is 1. The van der Waals surface area contributed by atoms with E-state index in [4.69, 9.17) is 0 Å². The fraction of sp³-hybridized carbons (Fsp3) is 0.375. The van der Waals surface area contributed by atoms with Gasteiger partial charge in [-0.2, -0.15) is 0 Å². The molecule has 1 N–H and O–H groups in total. The third-order valence-electron chi connectivity index (χ3n) is 1.97. The molecule has 1 aliphatic carbocycles. The molecule has 1 heterocycles. The van der Waals surface area contributed by atoms with E-state index in [0.717, 1.165) is 18.2 Å². The molecule has 0 saturated carbocycles. The van der Waals surface area contributed by atoms with Crippen LogP contribution in [0.25, 0.3) is 0 Å². The van der Waals surface area contributed by atoms with E-state index in [1.165, 1.54) is 6.07 Å². The molecule has 1 atom stereocenters. The maximum absolute atomic E-state index is 12.5. The van der Waals surface area contributed by atoms with E-state index in [0.29, 0.717) is 12.1 Å². The van der Waals surface area contributed by atoms with Crippen LogP contribution in [0, 0.1) is 5.82 Å². The predicted octanol–water partition coefficient (Wildman–Crippen LogP) is 1.20. The van der Waals surface area contributed by atoms with E-state index in [-0.39, 0.29) is 5.82 Å². The van der Waals surface area contributed by atoms with Gasteiger partial charge in [0.05, 0.1) is 18.0 Å². The maximum atomic E-state index is 12.5. The highest BCUT2D eigenvalue weighted by molar-refractivity contribution is 5.26. The smallest absolute Gasteiger partial charge is 0.141 e. The second-order valence-corrected chi connectivity index (χ2v) is 2.75. The van der Waals surface area contributed by atoms with Crippen LogP contribution in [-0.4, -0.2) is 10.1 Å². The van der Waals surface area contributed by atoms with Crippen LogP contribution in [0.1, 0.15) is 23.8 Å². The topological polar surface area (TPSA) is 33.1 Å². The third-order valence-corrected chi connectivity index (χ3v) is 1.97. The van der Waals surface area contributed by atoms with Crippen LogP contribution in [-0.2, 0) is 6.42 Å². The Bertz CT molecular complexity index is 287. The molecule has 1 aromatic heterocycles. The quantitative estimate of drug-likeness (QED) is 0.607. The van der Waals surface area contributed by atoms with E-state index < -0.39 is 6.10 Å². The number of nitrogens with zero attached hydrogens (tertiary/aromatic N) is 1. The first-order valence-corrected chi connectivity index (χ1v) is 3.60. The molecule has 1 aromatic rings. The first kappa shape index (κ1) is 6.73. The minimum Gasteiger partial charge on any atom is -0.387 e. The Morgan fingerprint density at radius 2 is 2.45 bits per heavy atom. The van der Waals surface area contributed by atoms with Gasteiger partial charge in [-0.25, -0.2) is 4.39 Å².